The van der Waals surface area contributed by atoms with Gasteiger partial charge in [0.15, 0.2) is 0 Å². The number of benzene rings is 1. The van der Waals surface area contributed by atoms with Crippen molar-refractivity contribution in [3.63, 3.8) is 0 Å². The molecule has 6 heteroatoms. The molecule has 0 unspecified atom stereocenters. The number of carbonyl (C=O) groups excluding carboxylic acids is 1. The van der Waals surface area contributed by atoms with E-state index in [4.69, 9.17) is 4.74 Å². The molecule has 0 fully saturated rings. The van der Waals surface area contributed by atoms with E-state index >= 15 is 0 Å². The maximum Gasteiger partial charge on any atom is 0.265 e. The molecule has 0 aliphatic carbocycles. The van der Waals surface area contributed by atoms with E-state index in [1.165, 1.54) is 11.3 Å². The Balaban J connectivity index is 1.60. The Labute approximate surface area is 144 Å². The molecule has 1 aromatic carbocycles. The maximum absolute atomic E-state index is 12.2. The van der Waals surface area contributed by atoms with Crippen molar-refractivity contribution in [1.82, 2.24) is 9.55 Å². The Morgan fingerprint density at radius 1 is 1.29 bits per heavy atom. The molecule has 0 radical (unpaired) electrons. The largest absolute Gasteiger partial charge is 0.486 e. The minimum atomic E-state index is -0.0853. The van der Waals surface area contributed by atoms with Crippen molar-refractivity contribution in [2.45, 2.75) is 20.5 Å². The first-order valence-corrected chi connectivity index (χ1v) is 8.42. The van der Waals surface area contributed by atoms with Crippen LogP contribution in [-0.4, -0.2) is 15.5 Å². The van der Waals surface area contributed by atoms with Gasteiger partial charge in [0, 0.05) is 30.0 Å². The number of carbonyl (C=O) groups is 1. The number of aromatic nitrogens is 2. The quantitative estimate of drug-likeness (QED) is 0.765. The Hall–Kier alpha value is -2.60. The lowest BCUT2D eigenvalue weighted by Gasteiger charge is -2.08. The summed E-state index contributed by atoms with van der Waals surface area (Å²) in [4.78, 5) is 18.3. The van der Waals surface area contributed by atoms with Gasteiger partial charge in [-0.2, -0.15) is 0 Å². The number of nitrogens with one attached hydrogen (secondary N) is 1. The Morgan fingerprint density at radius 3 is 2.62 bits per heavy atom. The van der Waals surface area contributed by atoms with Gasteiger partial charge in [0.05, 0.1) is 4.88 Å². The average Bonchev–Trinajstić information content (AvgIpc) is 3.13. The van der Waals surface area contributed by atoms with Gasteiger partial charge >= 0.3 is 0 Å². The van der Waals surface area contributed by atoms with E-state index in [1.807, 2.05) is 62.0 Å². The maximum atomic E-state index is 12.2. The lowest BCUT2D eigenvalue weighted by atomic mass is 10.2. The minimum absolute atomic E-state index is 0.0853. The van der Waals surface area contributed by atoms with E-state index in [0.29, 0.717) is 6.61 Å². The molecular weight excluding hydrogens is 322 g/mol. The summed E-state index contributed by atoms with van der Waals surface area (Å²) < 4.78 is 7.62. The van der Waals surface area contributed by atoms with Gasteiger partial charge in [0.2, 0.25) is 0 Å². The first kappa shape index (κ1) is 16.3. The predicted octanol–water partition coefficient (Wildman–Crippen LogP) is 3.93. The number of aryl methyl sites for hydroxylation is 3. The van der Waals surface area contributed by atoms with Crippen molar-refractivity contribution in [2.75, 3.05) is 5.32 Å². The molecule has 1 N–H and O–H groups in total. The summed E-state index contributed by atoms with van der Waals surface area (Å²) in [6.45, 7) is 4.43. The standard InChI is InChI=1S/C18H19N3O2S/c1-12-10-16(24-13(12)2)18(22)20-14-4-6-15(7-5-14)23-11-17-19-8-9-21(17)3/h4-10H,11H2,1-3H3,(H,20,22). The van der Waals surface area contributed by atoms with Gasteiger partial charge in [-0.1, -0.05) is 0 Å². The molecule has 24 heavy (non-hydrogen) atoms. The van der Waals surface area contributed by atoms with Crippen LogP contribution in [0.1, 0.15) is 25.9 Å². The number of hydrogen-bond donors (Lipinski definition) is 1. The molecule has 3 aromatic rings. The Kier molecular flexibility index (Phi) is 4.66. The monoisotopic (exact) mass is 341 g/mol. The van der Waals surface area contributed by atoms with E-state index in [0.717, 1.165) is 32.6 Å². The molecule has 0 atom stereocenters. The molecule has 0 spiro atoms. The van der Waals surface area contributed by atoms with Gasteiger partial charge in [0.25, 0.3) is 5.91 Å². The number of rotatable bonds is 5. The van der Waals surface area contributed by atoms with Gasteiger partial charge in [0.1, 0.15) is 18.2 Å². The third kappa shape index (κ3) is 3.65. The summed E-state index contributed by atoms with van der Waals surface area (Å²) in [6.07, 6.45) is 3.62. The molecule has 2 heterocycles. The number of amides is 1. The molecule has 3 rings (SSSR count). The van der Waals surface area contributed by atoms with E-state index < -0.39 is 0 Å². The summed E-state index contributed by atoms with van der Waals surface area (Å²) in [5, 5.41) is 2.90. The van der Waals surface area contributed by atoms with Crippen LogP contribution in [0.4, 0.5) is 5.69 Å². The van der Waals surface area contributed by atoms with Crippen LogP contribution < -0.4 is 10.1 Å². The van der Waals surface area contributed by atoms with Gasteiger partial charge in [-0.15, -0.1) is 11.3 Å². The molecule has 0 aliphatic rings. The second-order valence-corrected chi connectivity index (χ2v) is 6.83. The van der Waals surface area contributed by atoms with Crippen LogP contribution in [0.15, 0.2) is 42.7 Å². The third-order valence-electron chi connectivity index (χ3n) is 3.79. The van der Waals surface area contributed by atoms with E-state index in [-0.39, 0.29) is 5.91 Å². The summed E-state index contributed by atoms with van der Waals surface area (Å²) in [6, 6.07) is 9.25. The first-order valence-electron chi connectivity index (χ1n) is 7.60. The molecular formula is C18H19N3O2S. The van der Waals surface area contributed by atoms with Crippen LogP contribution in [0.25, 0.3) is 0 Å². The molecule has 0 saturated carbocycles. The van der Waals surface area contributed by atoms with E-state index in [2.05, 4.69) is 10.3 Å². The predicted molar refractivity (Wildman–Crippen MR) is 95.7 cm³/mol. The summed E-state index contributed by atoms with van der Waals surface area (Å²) in [5.41, 5.74) is 1.89. The lowest BCUT2D eigenvalue weighted by Crippen LogP contribution is -2.10. The molecule has 0 saturated heterocycles. The van der Waals surface area contributed by atoms with Gasteiger partial charge < -0.3 is 14.6 Å². The van der Waals surface area contributed by atoms with Crippen LogP contribution in [0, 0.1) is 13.8 Å². The number of nitrogens with zero attached hydrogens (tertiary/aromatic N) is 2. The highest BCUT2D eigenvalue weighted by atomic mass is 32.1. The highest BCUT2D eigenvalue weighted by Crippen LogP contribution is 2.22. The zero-order valence-corrected chi connectivity index (χ0v) is 14.7. The zero-order chi connectivity index (χ0) is 17.1. The van der Waals surface area contributed by atoms with Gasteiger partial charge in [-0.05, 0) is 49.7 Å². The summed E-state index contributed by atoms with van der Waals surface area (Å²) >= 11 is 1.51. The second-order valence-electron chi connectivity index (χ2n) is 5.57. The number of ether oxygens (including phenoxy) is 1. The minimum Gasteiger partial charge on any atom is -0.486 e. The van der Waals surface area contributed by atoms with Gasteiger partial charge in [-0.25, -0.2) is 4.98 Å². The Bertz CT molecular complexity index is 830. The number of imidazole rings is 1. The molecule has 124 valence electrons. The SMILES string of the molecule is Cc1cc(C(=O)Nc2ccc(OCc3nccn3C)cc2)sc1C. The fraction of sp³-hybridized carbons (Fsp3) is 0.222. The number of anilines is 1. The lowest BCUT2D eigenvalue weighted by molar-refractivity contribution is 0.103. The molecule has 2 aromatic heterocycles. The van der Waals surface area contributed by atoms with Crippen LogP contribution in [0.5, 0.6) is 5.75 Å². The topological polar surface area (TPSA) is 56.1 Å². The fourth-order valence-corrected chi connectivity index (χ4v) is 3.12. The molecule has 0 aliphatic heterocycles. The highest BCUT2D eigenvalue weighted by Gasteiger charge is 2.10. The average molecular weight is 341 g/mol. The van der Waals surface area contributed by atoms with Crippen LogP contribution in [-0.2, 0) is 13.7 Å². The van der Waals surface area contributed by atoms with Crippen molar-refractivity contribution in [3.05, 3.63) is 63.9 Å². The fourth-order valence-electron chi connectivity index (χ4n) is 2.20. The summed E-state index contributed by atoms with van der Waals surface area (Å²) in [7, 11) is 1.93. The molecule has 1 amide bonds. The van der Waals surface area contributed by atoms with Crippen molar-refractivity contribution < 1.29 is 9.53 Å². The van der Waals surface area contributed by atoms with Crippen molar-refractivity contribution >= 4 is 22.9 Å². The zero-order valence-electron chi connectivity index (χ0n) is 13.9. The van der Waals surface area contributed by atoms with Crippen molar-refractivity contribution in [3.8, 4) is 5.75 Å². The Morgan fingerprint density at radius 2 is 2.04 bits per heavy atom. The van der Waals surface area contributed by atoms with Crippen LogP contribution in [0.3, 0.4) is 0 Å². The van der Waals surface area contributed by atoms with Crippen molar-refractivity contribution in [1.29, 1.82) is 0 Å². The van der Waals surface area contributed by atoms with E-state index in [9.17, 15) is 4.79 Å². The third-order valence-corrected chi connectivity index (χ3v) is 4.94. The number of hydrogen-bond acceptors (Lipinski definition) is 4. The first-order chi connectivity index (χ1) is 11.5. The second kappa shape index (κ2) is 6.88. The molecule has 5 nitrogen and oxygen atoms in total. The van der Waals surface area contributed by atoms with E-state index in [1.54, 1.807) is 6.20 Å². The van der Waals surface area contributed by atoms with Crippen LogP contribution in [0.2, 0.25) is 0 Å². The normalized spacial score (nSPS) is 10.6. The summed E-state index contributed by atoms with van der Waals surface area (Å²) in [5.74, 6) is 1.51. The van der Waals surface area contributed by atoms with Crippen LogP contribution >= 0.6 is 11.3 Å². The number of thiophene rings is 1. The highest BCUT2D eigenvalue weighted by molar-refractivity contribution is 7.14. The van der Waals surface area contributed by atoms with Crippen molar-refractivity contribution in [2.24, 2.45) is 7.05 Å². The van der Waals surface area contributed by atoms with Gasteiger partial charge in [-0.3, -0.25) is 4.79 Å². The smallest absolute Gasteiger partial charge is 0.265 e. The molecule has 0 bridgehead atoms.